The van der Waals surface area contributed by atoms with Gasteiger partial charge in [-0.3, -0.25) is 4.79 Å². The van der Waals surface area contributed by atoms with Gasteiger partial charge in [0, 0.05) is 32.5 Å². The number of nitrogens with one attached hydrogen (secondary N) is 1. The van der Waals surface area contributed by atoms with Crippen molar-refractivity contribution in [2.45, 2.75) is 136 Å². The zero-order valence-electron chi connectivity index (χ0n) is 27.2. The molecule has 0 aromatic heterocycles. The van der Waals surface area contributed by atoms with Crippen LogP contribution in [0.5, 0.6) is 5.75 Å². The maximum Gasteiger partial charge on any atom is 0.415 e. The Balaban J connectivity index is 1.48. The Kier molecular flexibility index (Phi) is 19.2. The highest BCUT2D eigenvalue weighted by Crippen LogP contribution is 2.19. The molecule has 1 unspecified atom stereocenters. The number of carbonyl (C=O) groups is 3. The van der Waals surface area contributed by atoms with Gasteiger partial charge >= 0.3 is 18.2 Å². The van der Waals surface area contributed by atoms with E-state index in [0.29, 0.717) is 44.8 Å². The zero-order valence-corrected chi connectivity index (χ0v) is 27.2. The topological polar surface area (TPSA) is 94.2 Å². The van der Waals surface area contributed by atoms with Crippen LogP contribution in [0.25, 0.3) is 0 Å². The molecule has 0 bridgehead atoms. The molecule has 0 aliphatic carbocycles. The molecule has 1 atom stereocenters. The number of nitrogens with zero attached hydrogens (tertiary/aromatic N) is 1. The minimum absolute atomic E-state index is 0.0285. The van der Waals surface area contributed by atoms with Crippen LogP contribution in [0.4, 0.5) is 9.59 Å². The molecule has 1 aromatic rings. The number of hydrogen-bond acceptors (Lipinski definition) is 6. The number of hydrogen-bond donors (Lipinski definition) is 1. The predicted molar refractivity (Wildman–Crippen MR) is 171 cm³/mol. The average molecular weight is 603 g/mol. The standard InChI is InChI=1S/C35H58N2O6/c1-4-7-9-10-14-18-30(6-3)33(38)41-28-16-12-11-15-25-36-34(39)42-32-23-26-37(27-24-32)35(40)43-31-21-19-29(20-22-31)17-13-8-5-2/h19-22,30,32H,4-18,23-28H2,1-3H3,(H,36,39). The fraction of sp³-hybridized carbons (Fsp3) is 0.743. The summed E-state index contributed by atoms with van der Waals surface area (Å²) in [5.41, 5.74) is 1.26. The maximum atomic E-state index is 12.6. The van der Waals surface area contributed by atoms with Crippen LogP contribution in [-0.4, -0.2) is 55.4 Å². The zero-order chi connectivity index (χ0) is 31.1. The van der Waals surface area contributed by atoms with Crippen LogP contribution in [0.15, 0.2) is 24.3 Å². The predicted octanol–water partition coefficient (Wildman–Crippen LogP) is 8.60. The van der Waals surface area contributed by atoms with Gasteiger partial charge in [0.2, 0.25) is 0 Å². The van der Waals surface area contributed by atoms with E-state index < -0.39 is 6.09 Å². The van der Waals surface area contributed by atoms with Gasteiger partial charge in [0.25, 0.3) is 0 Å². The van der Waals surface area contributed by atoms with Crippen LogP contribution in [-0.2, 0) is 20.7 Å². The number of aryl methyl sites for hydroxylation is 1. The van der Waals surface area contributed by atoms with Crippen molar-refractivity contribution in [2.24, 2.45) is 5.92 Å². The van der Waals surface area contributed by atoms with E-state index in [-0.39, 0.29) is 24.1 Å². The minimum Gasteiger partial charge on any atom is -0.465 e. The van der Waals surface area contributed by atoms with Gasteiger partial charge in [-0.25, -0.2) is 9.59 Å². The van der Waals surface area contributed by atoms with Gasteiger partial charge in [0.1, 0.15) is 11.9 Å². The quantitative estimate of drug-likeness (QED) is 0.112. The number of carbonyl (C=O) groups excluding carboxylic acids is 3. The Morgan fingerprint density at radius 1 is 0.837 bits per heavy atom. The first-order chi connectivity index (χ1) is 21.0. The van der Waals surface area contributed by atoms with Gasteiger partial charge in [0.15, 0.2) is 0 Å². The smallest absolute Gasteiger partial charge is 0.415 e. The summed E-state index contributed by atoms with van der Waals surface area (Å²) in [6, 6.07) is 7.75. The van der Waals surface area contributed by atoms with Crippen molar-refractivity contribution in [2.75, 3.05) is 26.2 Å². The molecule has 1 aromatic carbocycles. The fourth-order valence-electron chi connectivity index (χ4n) is 5.36. The minimum atomic E-state index is -0.408. The highest BCUT2D eigenvalue weighted by molar-refractivity contribution is 5.72. The van der Waals surface area contributed by atoms with Crippen LogP contribution in [0.3, 0.4) is 0 Å². The average Bonchev–Trinajstić information content (AvgIpc) is 3.01. The Morgan fingerprint density at radius 2 is 1.49 bits per heavy atom. The van der Waals surface area contributed by atoms with E-state index in [9.17, 15) is 14.4 Å². The van der Waals surface area contributed by atoms with Crippen LogP contribution in [0, 0.1) is 5.92 Å². The van der Waals surface area contributed by atoms with Crippen LogP contribution >= 0.6 is 0 Å². The molecule has 0 spiro atoms. The van der Waals surface area contributed by atoms with E-state index in [1.165, 1.54) is 50.5 Å². The Labute approximate surface area is 260 Å². The molecular weight excluding hydrogens is 544 g/mol. The number of unbranched alkanes of at least 4 members (excludes halogenated alkanes) is 9. The molecular formula is C35H58N2O6. The highest BCUT2D eigenvalue weighted by Gasteiger charge is 2.26. The van der Waals surface area contributed by atoms with Crippen LogP contribution < -0.4 is 10.1 Å². The van der Waals surface area contributed by atoms with Crippen molar-refractivity contribution in [3.8, 4) is 5.75 Å². The number of rotatable bonds is 21. The lowest BCUT2D eigenvalue weighted by Gasteiger charge is -2.30. The lowest BCUT2D eigenvalue weighted by molar-refractivity contribution is -0.149. The number of piperidine rings is 1. The molecule has 244 valence electrons. The molecule has 1 fully saturated rings. The molecule has 1 saturated heterocycles. The Morgan fingerprint density at radius 3 is 2.19 bits per heavy atom. The van der Waals surface area contributed by atoms with Gasteiger partial charge in [-0.2, -0.15) is 0 Å². The first-order valence-corrected chi connectivity index (χ1v) is 17.1. The summed E-state index contributed by atoms with van der Waals surface area (Å²) in [6.07, 6.45) is 16.3. The molecule has 2 amide bonds. The lowest BCUT2D eigenvalue weighted by Crippen LogP contribution is -2.43. The van der Waals surface area contributed by atoms with Gasteiger partial charge in [0.05, 0.1) is 12.5 Å². The molecule has 1 heterocycles. The number of alkyl carbamates (subject to hydrolysis) is 1. The Bertz CT molecular complexity index is 898. The lowest BCUT2D eigenvalue weighted by atomic mass is 9.98. The molecule has 43 heavy (non-hydrogen) atoms. The maximum absolute atomic E-state index is 12.6. The first kappa shape index (κ1) is 36.4. The van der Waals surface area contributed by atoms with Crippen molar-refractivity contribution in [3.05, 3.63) is 29.8 Å². The van der Waals surface area contributed by atoms with E-state index >= 15 is 0 Å². The van der Waals surface area contributed by atoms with E-state index in [1.807, 2.05) is 24.3 Å². The van der Waals surface area contributed by atoms with E-state index in [0.717, 1.165) is 51.4 Å². The number of amides is 2. The van der Waals surface area contributed by atoms with Gasteiger partial charge in [-0.1, -0.05) is 84.3 Å². The third-order valence-corrected chi connectivity index (χ3v) is 8.24. The largest absolute Gasteiger partial charge is 0.465 e. The summed E-state index contributed by atoms with van der Waals surface area (Å²) >= 11 is 0. The molecule has 8 heteroatoms. The molecule has 8 nitrogen and oxygen atoms in total. The van der Waals surface area contributed by atoms with Crippen LogP contribution in [0.1, 0.15) is 129 Å². The second kappa shape index (κ2) is 22.7. The Hall–Kier alpha value is -2.77. The molecule has 1 aliphatic heterocycles. The second-order valence-corrected chi connectivity index (χ2v) is 11.9. The van der Waals surface area contributed by atoms with Crippen molar-refractivity contribution in [1.82, 2.24) is 10.2 Å². The number of esters is 1. The molecule has 2 rings (SSSR count). The molecule has 0 saturated carbocycles. The van der Waals surface area contributed by atoms with Gasteiger partial charge in [-0.15, -0.1) is 0 Å². The van der Waals surface area contributed by atoms with Crippen molar-refractivity contribution >= 4 is 18.2 Å². The van der Waals surface area contributed by atoms with Gasteiger partial charge < -0.3 is 24.4 Å². The monoisotopic (exact) mass is 602 g/mol. The molecule has 1 N–H and O–H groups in total. The SMILES string of the molecule is CCCCCCCC(CC)C(=O)OCCCCCCNC(=O)OC1CCN(C(=O)Oc2ccc(CCCCC)cc2)CC1. The van der Waals surface area contributed by atoms with E-state index in [2.05, 4.69) is 26.1 Å². The summed E-state index contributed by atoms with van der Waals surface area (Å²) in [5.74, 6) is 0.533. The summed E-state index contributed by atoms with van der Waals surface area (Å²) in [6.45, 7) is 8.48. The third kappa shape index (κ3) is 16.0. The number of ether oxygens (including phenoxy) is 3. The molecule has 0 radical (unpaired) electrons. The van der Waals surface area contributed by atoms with Gasteiger partial charge in [-0.05, 0) is 62.6 Å². The second-order valence-electron chi connectivity index (χ2n) is 11.9. The summed E-state index contributed by atoms with van der Waals surface area (Å²) in [4.78, 5) is 38.8. The number of benzene rings is 1. The number of likely N-dealkylation sites (tertiary alicyclic amines) is 1. The summed E-state index contributed by atoms with van der Waals surface area (Å²) in [7, 11) is 0. The van der Waals surface area contributed by atoms with Crippen molar-refractivity contribution < 1.29 is 28.6 Å². The molecule has 1 aliphatic rings. The normalized spacial score (nSPS) is 14.3. The van der Waals surface area contributed by atoms with Crippen LogP contribution in [0.2, 0.25) is 0 Å². The third-order valence-electron chi connectivity index (χ3n) is 8.24. The fourth-order valence-corrected chi connectivity index (χ4v) is 5.36. The van der Waals surface area contributed by atoms with Crippen molar-refractivity contribution in [1.29, 1.82) is 0 Å². The van der Waals surface area contributed by atoms with E-state index in [1.54, 1.807) is 4.90 Å². The summed E-state index contributed by atoms with van der Waals surface area (Å²) in [5, 5.41) is 2.83. The first-order valence-electron chi connectivity index (χ1n) is 17.1. The summed E-state index contributed by atoms with van der Waals surface area (Å²) < 4.78 is 16.6. The van der Waals surface area contributed by atoms with E-state index in [4.69, 9.17) is 14.2 Å². The highest BCUT2D eigenvalue weighted by atomic mass is 16.6. The van der Waals surface area contributed by atoms with Crippen molar-refractivity contribution in [3.63, 3.8) is 0 Å².